The number of rotatable bonds is 4. The predicted molar refractivity (Wildman–Crippen MR) is 104 cm³/mol. The molecule has 4 rings (SSSR count). The molecule has 1 N–H and O–H groups in total. The molecular formula is C20H22N4O2S. The number of hydrogen-bond acceptors (Lipinski definition) is 5. The summed E-state index contributed by atoms with van der Waals surface area (Å²) in [5, 5.41) is 1.94. The molecule has 2 aliphatic rings. The number of nitrogens with zero attached hydrogens (tertiary/aromatic N) is 3. The van der Waals surface area contributed by atoms with Gasteiger partial charge in [0.2, 0.25) is 10.0 Å². The van der Waals surface area contributed by atoms with E-state index in [1.165, 1.54) is 4.31 Å². The summed E-state index contributed by atoms with van der Waals surface area (Å²) >= 11 is 0. The van der Waals surface area contributed by atoms with Crippen LogP contribution >= 0.6 is 0 Å². The van der Waals surface area contributed by atoms with Gasteiger partial charge in [-0.1, -0.05) is 30.3 Å². The third-order valence-corrected chi connectivity index (χ3v) is 6.82. The number of sulfonamides is 1. The maximum absolute atomic E-state index is 13.0. The van der Waals surface area contributed by atoms with Gasteiger partial charge in [-0.2, -0.15) is 4.31 Å². The highest BCUT2D eigenvalue weighted by atomic mass is 32.2. The normalized spacial score (nSPS) is 17.8. The summed E-state index contributed by atoms with van der Waals surface area (Å²) < 4.78 is 27.5. The van der Waals surface area contributed by atoms with Gasteiger partial charge in [0.25, 0.3) is 0 Å². The molecule has 0 aliphatic carbocycles. The van der Waals surface area contributed by atoms with Crippen LogP contribution in [0.3, 0.4) is 0 Å². The van der Waals surface area contributed by atoms with E-state index in [9.17, 15) is 8.42 Å². The molecule has 7 heteroatoms. The van der Waals surface area contributed by atoms with Gasteiger partial charge >= 0.3 is 0 Å². The van der Waals surface area contributed by atoms with Crippen LogP contribution in [0.4, 0.5) is 0 Å². The summed E-state index contributed by atoms with van der Waals surface area (Å²) in [6.07, 6.45) is 2.41. The molecule has 2 aliphatic heterocycles. The van der Waals surface area contributed by atoms with Crippen molar-refractivity contribution in [2.75, 3.05) is 13.1 Å². The molecule has 6 nitrogen and oxygen atoms in total. The van der Waals surface area contributed by atoms with Crippen molar-refractivity contribution in [3.05, 3.63) is 83.5 Å². The van der Waals surface area contributed by atoms with Crippen LogP contribution in [-0.4, -0.2) is 35.8 Å². The van der Waals surface area contributed by atoms with E-state index in [1.807, 2.05) is 42.3 Å². The summed E-state index contributed by atoms with van der Waals surface area (Å²) in [5.41, 5.74) is 8.18. The molecule has 0 atom stereocenters. The second-order valence-corrected chi connectivity index (χ2v) is 8.76. The number of nitrogens with one attached hydrogen (secondary N) is 1. The molecular weight excluding hydrogens is 360 g/mol. The van der Waals surface area contributed by atoms with Crippen LogP contribution in [0.1, 0.15) is 17.7 Å². The van der Waals surface area contributed by atoms with Crippen molar-refractivity contribution in [1.29, 1.82) is 0 Å². The highest BCUT2D eigenvalue weighted by molar-refractivity contribution is 7.89. The Morgan fingerprint density at radius 3 is 2.67 bits per heavy atom. The van der Waals surface area contributed by atoms with Gasteiger partial charge in [-0.25, -0.2) is 8.42 Å². The largest absolute Gasteiger partial charge is 0.300 e. The van der Waals surface area contributed by atoms with Crippen molar-refractivity contribution in [2.24, 2.45) is 0 Å². The van der Waals surface area contributed by atoms with Gasteiger partial charge < -0.3 is 5.43 Å². The van der Waals surface area contributed by atoms with Gasteiger partial charge in [-0.05, 0) is 37.6 Å². The zero-order valence-electron chi connectivity index (χ0n) is 15.2. The van der Waals surface area contributed by atoms with E-state index in [0.717, 1.165) is 28.2 Å². The Morgan fingerprint density at radius 2 is 1.96 bits per heavy atom. The second kappa shape index (κ2) is 6.83. The predicted octanol–water partition coefficient (Wildman–Crippen LogP) is 2.57. The summed E-state index contributed by atoms with van der Waals surface area (Å²) in [4.78, 5) is 4.68. The topological polar surface area (TPSA) is 65.5 Å². The van der Waals surface area contributed by atoms with Crippen molar-refractivity contribution in [3.8, 4) is 0 Å². The van der Waals surface area contributed by atoms with Crippen LogP contribution in [0, 0.1) is 6.92 Å². The van der Waals surface area contributed by atoms with E-state index in [0.29, 0.717) is 31.0 Å². The molecule has 140 valence electrons. The number of aryl methyl sites for hydroxylation is 1. The molecule has 0 unspecified atom stereocenters. The standard InChI is InChI=1S/C20H22N4O2S/c1-15-6-8-18(9-7-15)27(25,26)23-12-10-19-16(2)24(22-20(19)14-23)13-17-5-3-4-11-21-17/h3-9,11,22H,2,10,12-14H2,1H3. The quantitative estimate of drug-likeness (QED) is 0.880. The third-order valence-electron chi connectivity index (χ3n) is 4.96. The van der Waals surface area contributed by atoms with Crippen molar-refractivity contribution in [2.45, 2.75) is 24.8 Å². The lowest BCUT2D eigenvalue weighted by Gasteiger charge is -2.27. The van der Waals surface area contributed by atoms with Gasteiger partial charge in [0.05, 0.1) is 35.1 Å². The first-order valence-electron chi connectivity index (χ1n) is 8.87. The highest BCUT2D eigenvalue weighted by Gasteiger charge is 2.35. The molecule has 2 aromatic rings. The Hall–Kier alpha value is -2.64. The first kappa shape index (κ1) is 17.8. The minimum atomic E-state index is -3.51. The van der Waals surface area contributed by atoms with Crippen LogP contribution in [0.15, 0.2) is 77.1 Å². The van der Waals surface area contributed by atoms with Crippen molar-refractivity contribution in [3.63, 3.8) is 0 Å². The van der Waals surface area contributed by atoms with Gasteiger partial charge in [-0.15, -0.1) is 0 Å². The van der Waals surface area contributed by atoms with E-state index < -0.39 is 10.0 Å². The number of aromatic nitrogens is 1. The van der Waals surface area contributed by atoms with E-state index in [-0.39, 0.29) is 0 Å². The van der Waals surface area contributed by atoms with Crippen LogP contribution in [0.25, 0.3) is 0 Å². The molecule has 3 heterocycles. The van der Waals surface area contributed by atoms with Gasteiger partial charge in [0.1, 0.15) is 0 Å². The molecule has 27 heavy (non-hydrogen) atoms. The summed E-state index contributed by atoms with van der Waals surface area (Å²) in [5.74, 6) is 0. The van der Waals surface area contributed by atoms with E-state index in [2.05, 4.69) is 17.0 Å². The number of pyridine rings is 1. The Kier molecular flexibility index (Phi) is 4.49. The molecule has 0 saturated carbocycles. The van der Waals surface area contributed by atoms with Crippen molar-refractivity contribution in [1.82, 2.24) is 19.7 Å². The Morgan fingerprint density at radius 1 is 1.19 bits per heavy atom. The monoisotopic (exact) mass is 382 g/mol. The molecule has 0 spiro atoms. The molecule has 1 aromatic carbocycles. The first-order chi connectivity index (χ1) is 12.9. The van der Waals surface area contributed by atoms with E-state index in [1.54, 1.807) is 18.3 Å². The lowest BCUT2D eigenvalue weighted by molar-refractivity contribution is 0.285. The zero-order chi connectivity index (χ0) is 19.0. The van der Waals surface area contributed by atoms with E-state index in [4.69, 9.17) is 0 Å². The van der Waals surface area contributed by atoms with E-state index >= 15 is 0 Å². The average Bonchev–Trinajstić information content (AvgIpc) is 2.98. The maximum atomic E-state index is 13.0. The number of hydrogen-bond donors (Lipinski definition) is 1. The number of allylic oxidation sites excluding steroid dienone is 1. The van der Waals surface area contributed by atoms with Crippen LogP contribution < -0.4 is 5.43 Å². The SMILES string of the molecule is C=C1C2=C(CN(S(=O)(=O)c3ccc(C)cc3)CC2)NN1Cc1ccccn1. The minimum absolute atomic E-state index is 0.323. The van der Waals surface area contributed by atoms with Crippen LogP contribution in [0.2, 0.25) is 0 Å². The molecule has 0 bridgehead atoms. The number of hydrazine groups is 1. The molecule has 0 saturated heterocycles. The van der Waals surface area contributed by atoms with Crippen LogP contribution in [-0.2, 0) is 16.6 Å². The van der Waals surface area contributed by atoms with Gasteiger partial charge in [0.15, 0.2) is 0 Å². The summed E-state index contributed by atoms with van der Waals surface area (Å²) in [6.45, 7) is 7.48. The second-order valence-electron chi connectivity index (χ2n) is 6.82. The van der Waals surface area contributed by atoms with Crippen molar-refractivity contribution < 1.29 is 8.42 Å². The Balaban J connectivity index is 1.51. The summed E-state index contributed by atoms with van der Waals surface area (Å²) in [6, 6.07) is 12.8. The number of benzene rings is 1. The lowest BCUT2D eigenvalue weighted by Crippen LogP contribution is -2.39. The average molecular weight is 382 g/mol. The first-order valence-corrected chi connectivity index (χ1v) is 10.3. The zero-order valence-corrected chi connectivity index (χ0v) is 16.0. The molecule has 0 radical (unpaired) electrons. The molecule has 1 aromatic heterocycles. The van der Waals surface area contributed by atoms with Gasteiger partial charge in [0, 0.05) is 18.3 Å². The fraction of sp³-hybridized carbons (Fsp3) is 0.250. The van der Waals surface area contributed by atoms with Crippen LogP contribution in [0.5, 0.6) is 0 Å². The molecule has 0 amide bonds. The Labute approximate surface area is 159 Å². The third kappa shape index (κ3) is 3.36. The fourth-order valence-electron chi connectivity index (χ4n) is 3.41. The molecule has 0 fully saturated rings. The maximum Gasteiger partial charge on any atom is 0.243 e. The lowest BCUT2D eigenvalue weighted by atomic mass is 10.1. The van der Waals surface area contributed by atoms with Gasteiger partial charge in [-0.3, -0.25) is 9.99 Å². The fourth-order valence-corrected chi connectivity index (χ4v) is 4.81. The summed E-state index contributed by atoms with van der Waals surface area (Å²) in [7, 11) is -3.51. The highest BCUT2D eigenvalue weighted by Crippen LogP contribution is 2.32. The minimum Gasteiger partial charge on any atom is -0.300 e. The Bertz CT molecular complexity index is 998. The van der Waals surface area contributed by atoms with Crippen molar-refractivity contribution >= 4 is 10.0 Å². The smallest absolute Gasteiger partial charge is 0.243 e.